The highest BCUT2D eigenvalue weighted by atomic mass is 31.2. The van der Waals surface area contributed by atoms with E-state index in [1.165, 1.54) is 116 Å². The maximum atomic E-state index is 12.9. The Balaban J connectivity index is 2.60. The maximum Gasteiger partial charge on any atom is 0.306 e. The van der Waals surface area contributed by atoms with E-state index in [0.29, 0.717) is 23.9 Å². The van der Waals surface area contributed by atoms with Crippen molar-refractivity contribution in [3.8, 4) is 0 Å². The van der Waals surface area contributed by atoms with E-state index in [4.69, 9.17) is 28.0 Å². The van der Waals surface area contributed by atoms with Crippen LogP contribution in [0, 0.1) is 0 Å². The van der Waals surface area contributed by atoms with E-state index >= 15 is 0 Å². The van der Waals surface area contributed by atoms with Gasteiger partial charge in [-0.2, -0.15) is 0 Å². The molecule has 61 heavy (non-hydrogen) atoms. The lowest BCUT2D eigenvalue weighted by Crippen LogP contribution is -2.59. The fourth-order valence-corrected chi connectivity index (χ4v) is 7.93. The van der Waals surface area contributed by atoms with Gasteiger partial charge in [0, 0.05) is 12.8 Å². The molecule has 0 radical (unpaired) electrons. The summed E-state index contributed by atoms with van der Waals surface area (Å²) >= 11 is 0. The highest BCUT2D eigenvalue weighted by Crippen LogP contribution is 2.39. The standard InChI is InChI=1S/C46H90NO13P/c1-6-8-10-12-14-16-18-20-22-24-26-28-30-32-41(48)55-36-39(59-42(49)33-31-29-27-25-23-21-19-17-15-13-11-9-7-2)37-56-46-45(52)44(51)43(50)40(60-46)38-58-61(53,54)57-35-34-47(3,4)5/h39-40,43-46,50-52H,6-38H2,1-5H3/t39-,40+,43+,44-,45+,46-/m0/s1. The summed E-state index contributed by atoms with van der Waals surface area (Å²) in [4.78, 5) is 38.0. The Morgan fingerprint density at radius 3 is 1.48 bits per heavy atom. The molecule has 1 rings (SSSR count). The Kier molecular flexibility index (Phi) is 34.2. The first kappa shape index (κ1) is 57.8. The molecule has 1 aliphatic rings. The molecule has 14 nitrogen and oxygen atoms in total. The van der Waals surface area contributed by atoms with Crippen molar-refractivity contribution in [1.29, 1.82) is 0 Å². The minimum absolute atomic E-state index is 0.130. The van der Waals surface area contributed by atoms with E-state index in [2.05, 4.69) is 13.8 Å². The smallest absolute Gasteiger partial charge is 0.306 e. The lowest BCUT2D eigenvalue weighted by molar-refractivity contribution is -0.870. The summed E-state index contributed by atoms with van der Waals surface area (Å²) in [5.41, 5.74) is 0. The van der Waals surface area contributed by atoms with Gasteiger partial charge in [-0.05, 0) is 12.8 Å². The number of quaternary nitrogens is 1. The van der Waals surface area contributed by atoms with Crippen molar-refractivity contribution in [3.63, 3.8) is 0 Å². The third-order valence-corrected chi connectivity index (χ3v) is 12.2. The number of hydrogen-bond acceptors (Lipinski definition) is 13. The second kappa shape index (κ2) is 36.1. The number of carbonyl (C=O) groups is 2. The molecule has 1 unspecified atom stereocenters. The maximum absolute atomic E-state index is 12.9. The fraction of sp³-hybridized carbons (Fsp3) is 0.957. The monoisotopic (exact) mass is 896 g/mol. The summed E-state index contributed by atoms with van der Waals surface area (Å²) in [6.45, 7) is 3.35. The van der Waals surface area contributed by atoms with Crippen molar-refractivity contribution in [2.45, 2.75) is 230 Å². The third-order valence-electron chi connectivity index (χ3n) is 11.2. The molecule has 0 aromatic rings. The predicted molar refractivity (Wildman–Crippen MR) is 237 cm³/mol. The molecule has 1 heterocycles. The largest absolute Gasteiger partial charge is 0.756 e. The Morgan fingerprint density at radius 1 is 0.607 bits per heavy atom. The summed E-state index contributed by atoms with van der Waals surface area (Å²) in [7, 11) is 0.829. The zero-order chi connectivity index (χ0) is 45.2. The van der Waals surface area contributed by atoms with Gasteiger partial charge in [-0.25, -0.2) is 0 Å². The average Bonchev–Trinajstić information content (AvgIpc) is 3.21. The van der Waals surface area contributed by atoms with Crippen molar-refractivity contribution in [2.24, 2.45) is 0 Å². The van der Waals surface area contributed by atoms with Crippen LogP contribution in [0.1, 0.15) is 194 Å². The molecule has 0 spiro atoms. The molecule has 3 N–H and O–H groups in total. The topological polar surface area (TPSA) is 190 Å². The highest BCUT2D eigenvalue weighted by molar-refractivity contribution is 7.45. The summed E-state index contributed by atoms with van der Waals surface area (Å²) < 4.78 is 45.2. The minimum atomic E-state index is -4.78. The number of carbonyl (C=O) groups excluding carboxylic acids is 2. The molecule has 1 aliphatic heterocycles. The molecule has 1 saturated heterocycles. The highest BCUT2D eigenvalue weighted by Gasteiger charge is 2.45. The predicted octanol–water partition coefficient (Wildman–Crippen LogP) is 8.44. The van der Waals surface area contributed by atoms with Crippen LogP contribution in [-0.2, 0) is 42.1 Å². The SMILES string of the molecule is CCCCCCCCCCCCCCCC(=O)OC[C@@H](CO[C@H]1O[C@H](COP(=O)([O-])OCC[N+](C)(C)C)[C@@H](O)[C@H](O)[C@H]1O)OC(=O)CCCCCCCCCCCCCCC. The Morgan fingerprint density at radius 2 is 1.03 bits per heavy atom. The Hall–Kier alpha value is -1.19. The van der Waals surface area contributed by atoms with Gasteiger partial charge in [-0.15, -0.1) is 0 Å². The van der Waals surface area contributed by atoms with Gasteiger partial charge in [0.25, 0.3) is 7.82 Å². The van der Waals surface area contributed by atoms with Gasteiger partial charge < -0.3 is 52.7 Å². The van der Waals surface area contributed by atoms with Crippen molar-refractivity contribution < 1.29 is 66.8 Å². The van der Waals surface area contributed by atoms with E-state index in [-0.39, 0.29) is 32.7 Å². The molecule has 0 amide bonds. The van der Waals surface area contributed by atoms with Crippen molar-refractivity contribution in [3.05, 3.63) is 0 Å². The summed E-state index contributed by atoms with van der Waals surface area (Å²) in [6, 6.07) is 0. The molecular weight excluding hydrogens is 805 g/mol. The van der Waals surface area contributed by atoms with Crippen LogP contribution in [0.2, 0.25) is 0 Å². The van der Waals surface area contributed by atoms with Gasteiger partial charge in [0.15, 0.2) is 12.4 Å². The molecule has 0 aromatic carbocycles. The second-order valence-corrected chi connectivity index (χ2v) is 19.6. The molecule has 15 heteroatoms. The quantitative estimate of drug-likeness (QED) is 0.0230. The van der Waals surface area contributed by atoms with Gasteiger partial charge in [-0.1, -0.05) is 168 Å². The van der Waals surface area contributed by atoms with Gasteiger partial charge >= 0.3 is 11.9 Å². The number of aliphatic hydroxyl groups excluding tert-OH is 3. The molecule has 0 aliphatic carbocycles. The number of phosphoric ester groups is 1. The van der Waals surface area contributed by atoms with E-state index in [1.807, 2.05) is 21.1 Å². The number of aliphatic hydroxyl groups is 3. The number of phosphoric acid groups is 1. The molecule has 0 aromatic heterocycles. The number of esters is 2. The summed E-state index contributed by atoms with van der Waals surface area (Å²) in [5.74, 6) is -0.899. The van der Waals surface area contributed by atoms with Crippen LogP contribution < -0.4 is 4.89 Å². The normalized spacial score (nSPS) is 21.0. The number of rotatable bonds is 41. The number of hydrogen-bond donors (Lipinski definition) is 3. The van der Waals surface area contributed by atoms with Gasteiger partial charge in [0.05, 0.1) is 34.4 Å². The van der Waals surface area contributed by atoms with Gasteiger partial charge in [0.2, 0.25) is 0 Å². The fourth-order valence-electron chi connectivity index (χ4n) is 7.22. The first-order chi connectivity index (χ1) is 29.2. The Labute approximate surface area is 370 Å². The van der Waals surface area contributed by atoms with Crippen LogP contribution in [0.3, 0.4) is 0 Å². The van der Waals surface area contributed by atoms with Crippen LogP contribution in [0.15, 0.2) is 0 Å². The first-order valence-electron chi connectivity index (χ1n) is 24.3. The van der Waals surface area contributed by atoms with E-state index < -0.39 is 63.2 Å². The zero-order valence-electron chi connectivity index (χ0n) is 39.1. The number of ether oxygens (including phenoxy) is 4. The van der Waals surface area contributed by atoms with Crippen molar-refractivity contribution in [2.75, 3.05) is 54.1 Å². The van der Waals surface area contributed by atoms with Crippen molar-refractivity contribution >= 4 is 19.8 Å². The number of nitrogens with zero attached hydrogens (tertiary/aromatic N) is 1. The van der Waals surface area contributed by atoms with Gasteiger partial charge in [-0.3, -0.25) is 14.2 Å². The Bertz CT molecular complexity index is 1130. The third kappa shape index (κ3) is 32.2. The second-order valence-electron chi connectivity index (χ2n) is 18.2. The lowest BCUT2D eigenvalue weighted by atomic mass is 9.99. The van der Waals surface area contributed by atoms with E-state index in [0.717, 1.165) is 38.5 Å². The first-order valence-corrected chi connectivity index (χ1v) is 25.7. The molecule has 7 atom stereocenters. The minimum Gasteiger partial charge on any atom is -0.756 e. The molecule has 362 valence electrons. The average molecular weight is 896 g/mol. The summed E-state index contributed by atoms with van der Waals surface area (Å²) in [6.07, 6.45) is 22.0. The number of likely N-dealkylation sites (N-methyl/N-ethyl adjacent to an activating group) is 1. The van der Waals surface area contributed by atoms with E-state index in [1.54, 1.807) is 0 Å². The van der Waals surface area contributed by atoms with Crippen LogP contribution in [0.4, 0.5) is 0 Å². The molecular formula is C46H90NO13P. The van der Waals surface area contributed by atoms with Crippen LogP contribution >= 0.6 is 7.82 Å². The van der Waals surface area contributed by atoms with Crippen LogP contribution in [0.5, 0.6) is 0 Å². The molecule has 1 fully saturated rings. The van der Waals surface area contributed by atoms with Crippen molar-refractivity contribution in [1.82, 2.24) is 0 Å². The molecule has 0 saturated carbocycles. The number of unbranched alkanes of at least 4 members (excludes halogenated alkanes) is 24. The summed E-state index contributed by atoms with van der Waals surface area (Å²) in [5, 5.41) is 31.7. The lowest BCUT2D eigenvalue weighted by Gasteiger charge is -2.41. The molecule has 0 bridgehead atoms. The van der Waals surface area contributed by atoms with E-state index in [9.17, 15) is 34.4 Å². The zero-order valence-corrected chi connectivity index (χ0v) is 40.0. The van der Waals surface area contributed by atoms with Gasteiger partial charge in [0.1, 0.15) is 44.2 Å². The van der Waals surface area contributed by atoms with Crippen LogP contribution in [0.25, 0.3) is 0 Å². The van der Waals surface area contributed by atoms with Crippen LogP contribution in [-0.4, -0.2) is 123 Å².